The number of carbonyl (C=O) groups is 1. The van der Waals surface area contributed by atoms with Gasteiger partial charge in [-0.2, -0.15) is 0 Å². The van der Waals surface area contributed by atoms with Crippen LogP contribution in [0.15, 0.2) is 36.5 Å². The molecule has 3 rings (SSSR count). The Morgan fingerprint density at radius 1 is 0.474 bits per heavy atom. The van der Waals surface area contributed by atoms with Crippen molar-refractivity contribution in [3.63, 3.8) is 0 Å². The van der Waals surface area contributed by atoms with Crippen LogP contribution in [0.5, 0.6) is 0 Å². The van der Waals surface area contributed by atoms with E-state index in [-0.39, 0.29) is 18.9 Å². The Hall–Kier alpha value is -1.99. The van der Waals surface area contributed by atoms with Gasteiger partial charge in [-0.05, 0) is 51.4 Å². The first-order valence-corrected chi connectivity index (χ1v) is 29.2. The van der Waals surface area contributed by atoms with E-state index in [1.165, 1.54) is 77.0 Å². The number of unbranched alkanes of at least 4 members (excludes halogenated alkanes) is 20. The fourth-order valence-corrected chi connectivity index (χ4v) is 9.85. The van der Waals surface area contributed by atoms with E-state index in [1.807, 2.05) is 0 Å². The van der Waals surface area contributed by atoms with Gasteiger partial charge in [-0.15, -0.1) is 0 Å². The number of rotatable bonds is 42. The van der Waals surface area contributed by atoms with Crippen LogP contribution in [0.3, 0.4) is 0 Å². The van der Waals surface area contributed by atoms with Crippen molar-refractivity contribution in [2.45, 2.75) is 291 Å². The smallest absolute Gasteiger partial charge is 0.220 e. The number of allylic oxidation sites excluding steroid dienone is 6. The number of ether oxygens (including phenoxy) is 6. The van der Waals surface area contributed by atoms with Gasteiger partial charge in [0.25, 0.3) is 0 Å². The summed E-state index contributed by atoms with van der Waals surface area (Å²) in [5.74, 6) is -0.254. The van der Waals surface area contributed by atoms with Crippen LogP contribution < -0.4 is 5.32 Å². The highest BCUT2D eigenvalue weighted by Crippen LogP contribution is 2.33. The minimum Gasteiger partial charge on any atom is -0.394 e. The minimum atomic E-state index is -1.97. The first-order valence-electron chi connectivity index (χ1n) is 29.2. The van der Waals surface area contributed by atoms with Crippen LogP contribution in [-0.2, 0) is 33.2 Å². The van der Waals surface area contributed by atoms with Gasteiger partial charge in [0.2, 0.25) is 5.91 Å². The molecule has 0 aromatic carbocycles. The Bertz CT molecular complexity index is 1540. The van der Waals surface area contributed by atoms with Crippen LogP contribution in [-0.4, -0.2) is 193 Å². The second-order valence-electron chi connectivity index (χ2n) is 21.1. The summed E-state index contributed by atoms with van der Waals surface area (Å²) in [6.45, 7) is 1.68. The molecule has 3 saturated heterocycles. The molecule has 444 valence electrons. The van der Waals surface area contributed by atoms with Gasteiger partial charge >= 0.3 is 0 Å². The zero-order chi connectivity index (χ0) is 55.5. The van der Waals surface area contributed by atoms with E-state index in [0.717, 1.165) is 77.0 Å². The average Bonchev–Trinajstić information content (AvgIpc) is 3.42. The first kappa shape index (κ1) is 68.3. The molecular weight excluding hydrogens is 987 g/mol. The Labute approximate surface area is 453 Å². The van der Waals surface area contributed by atoms with Gasteiger partial charge in [0, 0.05) is 6.42 Å². The minimum absolute atomic E-state index is 0.254. The second-order valence-corrected chi connectivity index (χ2v) is 21.1. The molecule has 0 aliphatic carbocycles. The van der Waals surface area contributed by atoms with Crippen molar-refractivity contribution in [1.29, 1.82) is 0 Å². The Kier molecular flexibility index (Phi) is 36.9. The van der Waals surface area contributed by atoms with Gasteiger partial charge < -0.3 is 89.9 Å². The van der Waals surface area contributed by atoms with Crippen molar-refractivity contribution in [1.82, 2.24) is 5.32 Å². The first-order chi connectivity index (χ1) is 36.8. The number of carbonyl (C=O) groups excluding carboxylic acids is 1. The molecule has 1 amide bonds. The Balaban J connectivity index is 1.40. The van der Waals surface area contributed by atoms with E-state index in [2.05, 4.69) is 55.6 Å². The fourth-order valence-electron chi connectivity index (χ4n) is 9.85. The molecule has 17 atom stereocenters. The molecule has 3 fully saturated rings. The summed E-state index contributed by atoms with van der Waals surface area (Å²) in [5, 5.41) is 120. The summed E-state index contributed by atoms with van der Waals surface area (Å²) in [7, 11) is 0. The zero-order valence-electron chi connectivity index (χ0n) is 46.0. The molecule has 0 spiro atoms. The van der Waals surface area contributed by atoms with Crippen LogP contribution in [0.4, 0.5) is 0 Å². The highest BCUT2D eigenvalue weighted by Gasteiger charge is 2.53. The molecule has 3 aliphatic rings. The third-order valence-electron chi connectivity index (χ3n) is 14.7. The number of aliphatic hydroxyl groups is 11. The maximum absolute atomic E-state index is 13.2. The van der Waals surface area contributed by atoms with Crippen molar-refractivity contribution in [3.05, 3.63) is 36.5 Å². The molecule has 0 bridgehead atoms. The van der Waals surface area contributed by atoms with Crippen LogP contribution >= 0.6 is 0 Å². The average molecular weight is 1090 g/mol. The lowest BCUT2D eigenvalue weighted by molar-refractivity contribution is -0.379. The lowest BCUT2D eigenvalue weighted by Crippen LogP contribution is -2.66. The standard InChI is InChI=1S/C57H103NO18/c1-3-5-7-9-11-12-13-14-15-16-17-18-19-20-21-22-23-24-25-26-27-28-29-31-33-35-45(63)58-40(41(62)34-32-30-10-8-6-4-2)39-71-55-51(69)48(66)53(43(37-60)73-55)76-57-52(70)49(67)54(44(38-61)74-57)75-56-50(68)47(65)46(64)42(36-59)72-56/h13-14,16-17,19-20,40-44,46-57,59-62,64-70H,3-12,15,18,21-39H2,1-2H3,(H,58,63)/b14-13-,17-16-,20-19-. The molecule has 3 heterocycles. The summed E-state index contributed by atoms with van der Waals surface area (Å²) < 4.78 is 34.1. The van der Waals surface area contributed by atoms with E-state index >= 15 is 0 Å². The summed E-state index contributed by atoms with van der Waals surface area (Å²) in [6, 6.07) is -0.885. The molecule has 0 aromatic heterocycles. The van der Waals surface area contributed by atoms with E-state index in [1.54, 1.807) is 0 Å². The predicted molar refractivity (Wildman–Crippen MR) is 286 cm³/mol. The molecule has 0 radical (unpaired) electrons. The van der Waals surface area contributed by atoms with Gasteiger partial charge in [0.15, 0.2) is 18.9 Å². The van der Waals surface area contributed by atoms with Gasteiger partial charge in [0.05, 0.1) is 38.6 Å². The number of nitrogens with one attached hydrogen (secondary N) is 1. The van der Waals surface area contributed by atoms with Crippen LogP contribution in [0.2, 0.25) is 0 Å². The Morgan fingerprint density at radius 3 is 1.36 bits per heavy atom. The molecule has 19 heteroatoms. The second kappa shape index (κ2) is 41.1. The third-order valence-corrected chi connectivity index (χ3v) is 14.7. The fraction of sp³-hybridized carbons (Fsp3) is 0.877. The van der Waals surface area contributed by atoms with Crippen LogP contribution in [0, 0.1) is 0 Å². The van der Waals surface area contributed by atoms with Gasteiger partial charge in [-0.3, -0.25) is 4.79 Å². The molecule has 12 N–H and O–H groups in total. The lowest BCUT2D eigenvalue weighted by atomic mass is 9.96. The lowest BCUT2D eigenvalue weighted by Gasteiger charge is -2.48. The molecular formula is C57H103NO18. The van der Waals surface area contributed by atoms with Crippen molar-refractivity contribution in [2.24, 2.45) is 0 Å². The predicted octanol–water partition coefficient (Wildman–Crippen LogP) is 4.54. The highest BCUT2D eigenvalue weighted by atomic mass is 16.8. The summed E-state index contributed by atoms with van der Waals surface area (Å²) in [4.78, 5) is 13.2. The van der Waals surface area contributed by atoms with Gasteiger partial charge in [-0.1, -0.05) is 166 Å². The SMILES string of the molecule is CCCCCCC/C=C\C/C=C\C/C=C\CCCCCCCCCCCCC(=O)NC(COC1OC(CO)C(OC2OC(CO)C(OC3OC(CO)C(O)C(O)C3O)C(O)C2O)C(O)C1O)C(O)CCCCCCCC. The highest BCUT2D eigenvalue weighted by molar-refractivity contribution is 5.76. The van der Waals surface area contributed by atoms with Crippen molar-refractivity contribution in [3.8, 4) is 0 Å². The molecule has 3 aliphatic heterocycles. The molecule has 0 aromatic rings. The molecule has 17 unspecified atom stereocenters. The quantitative estimate of drug-likeness (QED) is 0.0295. The van der Waals surface area contributed by atoms with Crippen molar-refractivity contribution >= 4 is 5.91 Å². The summed E-state index contributed by atoms with van der Waals surface area (Å²) >= 11 is 0. The van der Waals surface area contributed by atoms with Crippen LogP contribution in [0.25, 0.3) is 0 Å². The molecule has 0 saturated carbocycles. The Morgan fingerprint density at radius 2 is 0.868 bits per heavy atom. The van der Waals surface area contributed by atoms with Crippen molar-refractivity contribution in [2.75, 3.05) is 26.4 Å². The number of amides is 1. The molecule has 76 heavy (non-hydrogen) atoms. The maximum atomic E-state index is 13.2. The number of hydrogen-bond acceptors (Lipinski definition) is 18. The van der Waals surface area contributed by atoms with E-state index in [0.29, 0.717) is 12.8 Å². The van der Waals surface area contributed by atoms with Gasteiger partial charge in [0.1, 0.15) is 73.2 Å². The number of hydrogen-bond donors (Lipinski definition) is 12. The normalized spacial score (nSPS) is 31.2. The van der Waals surface area contributed by atoms with Crippen molar-refractivity contribution < 1.29 is 89.4 Å². The molecule has 19 nitrogen and oxygen atoms in total. The van der Waals surface area contributed by atoms with E-state index in [4.69, 9.17) is 28.4 Å². The van der Waals surface area contributed by atoms with Crippen LogP contribution in [0.1, 0.15) is 187 Å². The van der Waals surface area contributed by atoms with E-state index in [9.17, 15) is 61.0 Å². The largest absolute Gasteiger partial charge is 0.394 e. The maximum Gasteiger partial charge on any atom is 0.220 e. The summed E-state index contributed by atoms with van der Waals surface area (Å²) in [5.41, 5.74) is 0. The third kappa shape index (κ3) is 25.2. The summed E-state index contributed by atoms with van der Waals surface area (Å²) in [6.07, 6.45) is 15.8. The monoisotopic (exact) mass is 1090 g/mol. The zero-order valence-corrected chi connectivity index (χ0v) is 46.0. The number of aliphatic hydroxyl groups excluding tert-OH is 11. The topological polar surface area (TPSA) is 307 Å². The van der Waals surface area contributed by atoms with E-state index < -0.39 is 124 Å². The van der Waals surface area contributed by atoms with Gasteiger partial charge in [-0.25, -0.2) is 0 Å².